The number of hydrogen-bond donors (Lipinski definition) is 8. The molecular formula is C40H29N5O12. The zero-order chi connectivity index (χ0) is 40.7. The van der Waals surface area contributed by atoms with E-state index in [0.717, 1.165) is 12.1 Å². The van der Waals surface area contributed by atoms with Gasteiger partial charge in [-0.2, -0.15) is 0 Å². The monoisotopic (exact) mass is 771 g/mol. The van der Waals surface area contributed by atoms with Gasteiger partial charge in [-0.25, -0.2) is 4.79 Å². The van der Waals surface area contributed by atoms with Gasteiger partial charge in [0.15, 0.2) is 10.9 Å². The molecule has 286 valence electrons. The lowest BCUT2D eigenvalue weighted by Crippen LogP contribution is -2.33. The molecule has 8 aromatic carbocycles. The van der Waals surface area contributed by atoms with Crippen LogP contribution in [0.25, 0.3) is 85.8 Å². The summed E-state index contributed by atoms with van der Waals surface area (Å²) < 4.78 is 6.69. The van der Waals surface area contributed by atoms with Gasteiger partial charge in [-0.1, -0.05) is 5.11 Å². The lowest BCUT2D eigenvalue weighted by molar-refractivity contribution is -0.0271. The maximum atomic E-state index is 13.4. The van der Waals surface area contributed by atoms with Crippen molar-refractivity contribution in [2.24, 2.45) is 5.11 Å². The van der Waals surface area contributed by atoms with E-state index in [4.69, 9.17) is 15.4 Å². The van der Waals surface area contributed by atoms with Crippen molar-refractivity contribution in [3.63, 3.8) is 0 Å². The summed E-state index contributed by atoms with van der Waals surface area (Å²) in [6.45, 7) is 4.73. The second kappa shape index (κ2) is 11.8. The van der Waals surface area contributed by atoms with Crippen molar-refractivity contribution < 1.29 is 40.5 Å². The van der Waals surface area contributed by atoms with E-state index >= 15 is 0 Å². The van der Waals surface area contributed by atoms with Gasteiger partial charge in [0.25, 0.3) is 5.56 Å². The normalized spacial score (nSPS) is 17.2. The number of fused-ring (bicyclic) bond motifs is 2. The molecular weight excluding hydrogens is 742 g/mol. The Morgan fingerprint density at radius 3 is 1.56 bits per heavy atom. The number of aliphatic hydroxyl groups is 1. The molecule has 0 aliphatic carbocycles. The minimum atomic E-state index is -0.671. The Kier molecular flexibility index (Phi) is 7.35. The molecule has 0 spiro atoms. The van der Waals surface area contributed by atoms with Crippen LogP contribution in [0, 0.1) is 20.8 Å². The Hall–Kier alpha value is -7.33. The number of aromatic amines is 1. The molecule has 1 aromatic heterocycles. The minimum absolute atomic E-state index is 0.0431. The molecule has 3 atom stereocenters. The average molecular weight is 772 g/mol. The highest BCUT2D eigenvalue weighted by Crippen LogP contribution is 2.60. The maximum absolute atomic E-state index is 13.4. The molecule has 0 amide bonds. The van der Waals surface area contributed by atoms with Crippen LogP contribution < -0.4 is 22.1 Å². The first-order chi connectivity index (χ1) is 27.1. The van der Waals surface area contributed by atoms with Crippen molar-refractivity contribution >= 4 is 75.4 Å². The Morgan fingerprint density at radius 2 is 1.11 bits per heavy atom. The Morgan fingerprint density at radius 1 is 0.667 bits per heavy atom. The second-order valence-electron chi connectivity index (χ2n) is 14.5. The van der Waals surface area contributed by atoms with Gasteiger partial charge < -0.3 is 40.5 Å². The number of ether oxygens (including phenoxy) is 1. The number of phenols is 6. The standard InChI is InChI=1S/C30H16O8.C10H13N5O4/c1-7-3-9(31)19-23-15(7)16-8(2)4-10(32)20-24(16)28-26-18(12(34)6-14(36)22(26)30(20)38)17-11(33)5-13(35)21(29(19)37)25(17)27(23)28;1-5-3-15(10(18)12-9(5)17)8-2-6(13-14-11)7(4-16)19-8/h3-6,33-38H,1-2H3;3,6-8,16H,2,4H2,1H3,(H,12,17,18)/t;6-,7+,8+/m.0/s1. The molecule has 1 fully saturated rings. The van der Waals surface area contributed by atoms with E-state index in [-0.39, 0.29) is 56.1 Å². The summed E-state index contributed by atoms with van der Waals surface area (Å²) in [6, 6.07) is 4.23. The van der Waals surface area contributed by atoms with Gasteiger partial charge in [-0.05, 0) is 60.3 Å². The number of H-pyrrole nitrogens is 1. The first-order valence-corrected chi connectivity index (χ1v) is 17.5. The third-order valence-electron chi connectivity index (χ3n) is 11.3. The number of phenolic OH excluding ortho intramolecular Hbond substituents is 6. The van der Waals surface area contributed by atoms with Crippen molar-refractivity contribution in [3.05, 3.63) is 98.9 Å². The number of nitrogens with one attached hydrogen (secondary N) is 1. The van der Waals surface area contributed by atoms with Crippen LogP contribution in [0.1, 0.15) is 29.3 Å². The van der Waals surface area contributed by atoms with E-state index in [1.807, 2.05) is 0 Å². The quantitative estimate of drug-likeness (QED) is 0.0392. The predicted octanol–water partition coefficient (Wildman–Crippen LogP) is 4.88. The van der Waals surface area contributed by atoms with Crippen molar-refractivity contribution in [1.82, 2.24) is 9.55 Å². The highest BCUT2D eigenvalue weighted by atomic mass is 16.5. The molecule has 0 unspecified atom stereocenters. The van der Waals surface area contributed by atoms with Crippen LogP contribution in [0.3, 0.4) is 0 Å². The summed E-state index contributed by atoms with van der Waals surface area (Å²) in [5, 5.41) is 82.3. The summed E-state index contributed by atoms with van der Waals surface area (Å²) in [6.07, 6.45) is 0.329. The number of aliphatic hydroxyl groups excluding tert-OH is 1. The fourth-order valence-electron chi connectivity index (χ4n) is 9.02. The molecule has 1 aliphatic rings. The fraction of sp³-hybridized carbons (Fsp3) is 0.200. The van der Waals surface area contributed by atoms with Gasteiger partial charge >= 0.3 is 5.69 Å². The van der Waals surface area contributed by atoms with Crippen LogP contribution in [0.15, 0.2) is 54.8 Å². The minimum Gasteiger partial charge on any atom is -0.507 e. The maximum Gasteiger partial charge on any atom is 0.330 e. The van der Waals surface area contributed by atoms with Crippen molar-refractivity contribution in [2.45, 2.75) is 45.6 Å². The smallest absolute Gasteiger partial charge is 0.330 e. The van der Waals surface area contributed by atoms with Crippen LogP contribution in [0.5, 0.6) is 34.5 Å². The molecule has 17 nitrogen and oxygen atoms in total. The van der Waals surface area contributed by atoms with E-state index in [1.54, 1.807) is 20.8 Å². The molecule has 0 saturated carbocycles. The number of aromatic hydroxyl groups is 6. The first-order valence-electron chi connectivity index (χ1n) is 17.5. The summed E-state index contributed by atoms with van der Waals surface area (Å²) in [4.78, 5) is 54.5. The van der Waals surface area contributed by atoms with E-state index in [1.165, 1.54) is 22.9 Å². The SMILES string of the molecule is Cc1cc(=O)c2c(O)c3c(O)cc(O)c4c5c(O)cc(O)c6c(O)c7c(=O)cc(C)c8c1c2c(c34)c(c65)c78.Cc1cn([C@H]2C[C@H](N=[N+]=[N-])[C@@H](CO)O2)c(=O)[nH]c1=O. The number of rotatable bonds is 3. The molecule has 2 heterocycles. The lowest BCUT2D eigenvalue weighted by atomic mass is 9.78. The molecule has 1 saturated heterocycles. The molecule has 57 heavy (non-hydrogen) atoms. The number of aryl methyl sites for hydroxylation is 3. The summed E-state index contributed by atoms with van der Waals surface area (Å²) in [5.74, 6) is -2.75. The van der Waals surface area contributed by atoms with E-state index in [2.05, 4.69) is 15.0 Å². The number of azide groups is 1. The molecule has 1 aliphatic heterocycles. The van der Waals surface area contributed by atoms with Gasteiger partial charge in [0, 0.05) is 78.3 Å². The number of hydrogen-bond acceptors (Lipinski definition) is 13. The largest absolute Gasteiger partial charge is 0.507 e. The van der Waals surface area contributed by atoms with Gasteiger partial charge in [0.2, 0.25) is 0 Å². The molecule has 8 N–H and O–H groups in total. The van der Waals surface area contributed by atoms with Crippen LogP contribution >= 0.6 is 0 Å². The van der Waals surface area contributed by atoms with Crippen molar-refractivity contribution in [1.29, 1.82) is 0 Å². The van der Waals surface area contributed by atoms with Gasteiger partial charge in [-0.3, -0.25) is 23.9 Å². The van der Waals surface area contributed by atoms with Crippen molar-refractivity contribution in [3.8, 4) is 34.5 Å². The van der Waals surface area contributed by atoms with Crippen molar-refractivity contribution in [2.75, 3.05) is 6.61 Å². The summed E-state index contributed by atoms with van der Waals surface area (Å²) in [7, 11) is 0. The second-order valence-corrected chi connectivity index (χ2v) is 14.5. The lowest BCUT2D eigenvalue weighted by Gasteiger charge is -2.25. The summed E-state index contributed by atoms with van der Waals surface area (Å²) in [5.41, 5.74) is 7.93. The van der Waals surface area contributed by atoms with Crippen LogP contribution in [-0.2, 0) is 4.74 Å². The third kappa shape index (κ3) is 4.49. The number of aromatic nitrogens is 2. The van der Waals surface area contributed by atoms with E-state index < -0.39 is 75.0 Å². The number of nitrogens with zero attached hydrogens (tertiary/aromatic N) is 4. The Bertz CT molecular complexity index is 3340. The molecule has 0 radical (unpaired) electrons. The zero-order valence-corrected chi connectivity index (χ0v) is 30.0. The highest BCUT2D eigenvalue weighted by molar-refractivity contribution is 6.51. The number of benzene rings is 8. The average Bonchev–Trinajstić information content (AvgIpc) is 3.55. The van der Waals surface area contributed by atoms with Crippen LogP contribution in [0.4, 0.5) is 0 Å². The molecule has 0 bridgehead atoms. The van der Waals surface area contributed by atoms with E-state index in [0.29, 0.717) is 49.0 Å². The van der Waals surface area contributed by atoms with Crippen LogP contribution in [0.2, 0.25) is 0 Å². The van der Waals surface area contributed by atoms with Gasteiger partial charge in [0.1, 0.15) is 40.7 Å². The topological polar surface area (TPSA) is 289 Å². The molecule has 9 aromatic rings. The third-order valence-corrected chi connectivity index (χ3v) is 11.3. The Balaban J connectivity index is 0.000000188. The van der Waals surface area contributed by atoms with E-state index in [9.17, 15) is 49.8 Å². The molecule has 10 rings (SSSR count). The predicted molar refractivity (Wildman–Crippen MR) is 210 cm³/mol. The zero-order valence-electron chi connectivity index (χ0n) is 30.0. The van der Waals surface area contributed by atoms with Gasteiger partial charge in [0.05, 0.1) is 40.3 Å². The summed E-state index contributed by atoms with van der Waals surface area (Å²) >= 11 is 0. The Labute approximate surface area is 315 Å². The highest BCUT2D eigenvalue weighted by Gasteiger charge is 2.36. The first kappa shape index (κ1) is 35.4. The van der Waals surface area contributed by atoms with Crippen LogP contribution in [-0.4, -0.2) is 64.0 Å². The molecule has 17 heteroatoms. The van der Waals surface area contributed by atoms with Gasteiger partial charge in [-0.15, -0.1) is 0 Å². The fourth-order valence-corrected chi connectivity index (χ4v) is 9.02.